The van der Waals surface area contributed by atoms with Crippen molar-refractivity contribution in [2.75, 3.05) is 16.6 Å². The van der Waals surface area contributed by atoms with Crippen molar-refractivity contribution in [3.8, 4) is 5.75 Å². The average Bonchev–Trinajstić information content (AvgIpc) is 3.18. The fraction of sp³-hybridized carbons (Fsp3) is 0.0909. The Bertz CT molecular complexity index is 1390. The largest absolute Gasteiger partial charge is 0.492 e. The molecule has 4 rings (SSSR count). The smallest absolute Gasteiger partial charge is 0.261 e. The van der Waals surface area contributed by atoms with Crippen LogP contribution in [-0.2, 0) is 10.0 Å². The molecule has 2 N–H and O–H groups in total. The first kappa shape index (κ1) is 21.7. The lowest BCUT2D eigenvalue weighted by atomic mass is 10.2. The van der Waals surface area contributed by atoms with Crippen molar-refractivity contribution in [1.82, 2.24) is 4.98 Å². The highest BCUT2D eigenvalue weighted by molar-refractivity contribution is 7.92. The minimum Gasteiger partial charge on any atom is -0.492 e. The van der Waals surface area contributed by atoms with Crippen molar-refractivity contribution in [2.24, 2.45) is 0 Å². The van der Waals surface area contributed by atoms with Gasteiger partial charge in [0, 0.05) is 0 Å². The van der Waals surface area contributed by atoms with E-state index in [4.69, 9.17) is 4.74 Å². The SMILES string of the molecule is CCOc1cccc2sc(NC(=O)c3ccccc3NS(=O)(=O)c3ccc(F)cc3)nc12. The fourth-order valence-electron chi connectivity index (χ4n) is 3.00. The number of ether oxygens (including phenoxy) is 1. The molecule has 3 aromatic carbocycles. The fourth-order valence-corrected chi connectivity index (χ4v) is 4.96. The Morgan fingerprint density at radius 1 is 1.06 bits per heavy atom. The molecule has 0 unspecified atom stereocenters. The van der Waals surface area contributed by atoms with Crippen LogP contribution in [0.3, 0.4) is 0 Å². The van der Waals surface area contributed by atoms with Gasteiger partial charge in [0.15, 0.2) is 5.13 Å². The summed E-state index contributed by atoms with van der Waals surface area (Å²) in [6.07, 6.45) is 0. The first-order valence-corrected chi connectivity index (χ1v) is 11.9. The monoisotopic (exact) mass is 471 g/mol. The van der Waals surface area contributed by atoms with Gasteiger partial charge < -0.3 is 4.74 Å². The van der Waals surface area contributed by atoms with Crippen LogP contribution in [0.5, 0.6) is 5.75 Å². The lowest BCUT2D eigenvalue weighted by molar-refractivity contribution is 0.102. The first-order valence-electron chi connectivity index (χ1n) is 9.58. The summed E-state index contributed by atoms with van der Waals surface area (Å²) in [7, 11) is -4.02. The molecule has 0 bridgehead atoms. The Labute approximate surface area is 187 Å². The maximum atomic E-state index is 13.1. The van der Waals surface area contributed by atoms with Crippen molar-refractivity contribution in [2.45, 2.75) is 11.8 Å². The van der Waals surface area contributed by atoms with E-state index < -0.39 is 21.7 Å². The van der Waals surface area contributed by atoms with Crippen LogP contribution < -0.4 is 14.8 Å². The third-order valence-corrected chi connectivity index (χ3v) is 6.76. The molecule has 0 spiro atoms. The molecule has 4 aromatic rings. The zero-order valence-corrected chi connectivity index (χ0v) is 18.5. The number of anilines is 2. The van der Waals surface area contributed by atoms with E-state index in [1.54, 1.807) is 18.2 Å². The molecule has 0 aliphatic rings. The van der Waals surface area contributed by atoms with Gasteiger partial charge in [0.2, 0.25) is 0 Å². The molecule has 0 aliphatic carbocycles. The van der Waals surface area contributed by atoms with Gasteiger partial charge in [-0.15, -0.1) is 0 Å². The number of nitrogens with one attached hydrogen (secondary N) is 2. The van der Waals surface area contributed by atoms with E-state index in [9.17, 15) is 17.6 Å². The molecule has 0 saturated heterocycles. The number of halogens is 1. The summed E-state index contributed by atoms with van der Waals surface area (Å²) >= 11 is 1.28. The third-order valence-electron chi connectivity index (χ3n) is 4.44. The molecule has 10 heteroatoms. The van der Waals surface area contributed by atoms with Crippen LogP contribution >= 0.6 is 11.3 Å². The van der Waals surface area contributed by atoms with Crippen LogP contribution in [0.1, 0.15) is 17.3 Å². The molecule has 1 heterocycles. The topological polar surface area (TPSA) is 97.4 Å². The predicted molar refractivity (Wildman–Crippen MR) is 122 cm³/mol. The zero-order chi connectivity index (χ0) is 22.7. The second-order valence-corrected chi connectivity index (χ2v) is 9.33. The maximum absolute atomic E-state index is 13.1. The van der Waals surface area contributed by atoms with Gasteiger partial charge in [-0.1, -0.05) is 29.5 Å². The zero-order valence-electron chi connectivity index (χ0n) is 16.8. The third kappa shape index (κ3) is 4.56. The van der Waals surface area contributed by atoms with Crippen LogP contribution in [0.15, 0.2) is 71.6 Å². The highest BCUT2D eigenvalue weighted by atomic mass is 32.2. The molecule has 0 radical (unpaired) electrons. The molecule has 164 valence electrons. The average molecular weight is 472 g/mol. The van der Waals surface area contributed by atoms with Crippen LogP contribution in [0, 0.1) is 5.82 Å². The molecule has 0 atom stereocenters. The molecule has 0 fully saturated rings. The van der Waals surface area contributed by atoms with E-state index in [1.807, 2.05) is 19.1 Å². The Balaban J connectivity index is 1.60. The van der Waals surface area contributed by atoms with Gasteiger partial charge in [-0.3, -0.25) is 14.8 Å². The second-order valence-electron chi connectivity index (χ2n) is 6.61. The summed E-state index contributed by atoms with van der Waals surface area (Å²) in [5, 5.41) is 3.07. The van der Waals surface area contributed by atoms with Crippen molar-refractivity contribution in [1.29, 1.82) is 0 Å². The number of aromatic nitrogens is 1. The van der Waals surface area contributed by atoms with Crippen molar-refractivity contribution in [3.63, 3.8) is 0 Å². The van der Waals surface area contributed by atoms with Crippen molar-refractivity contribution >= 4 is 48.3 Å². The van der Waals surface area contributed by atoms with Gasteiger partial charge in [0.05, 0.1) is 27.5 Å². The highest BCUT2D eigenvalue weighted by Gasteiger charge is 2.20. The number of benzene rings is 3. The van der Waals surface area contributed by atoms with Gasteiger partial charge >= 0.3 is 0 Å². The van der Waals surface area contributed by atoms with E-state index in [2.05, 4.69) is 15.0 Å². The molecule has 1 aromatic heterocycles. The number of nitrogens with zero attached hydrogens (tertiary/aromatic N) is 1. The number of amides is 1. The summed E-state index contributed by atoms with van der Waals surface area (Å²) < 4.78 is 47.3. The summed E-state index contributed by atoms with van der Waals surface area (Å²) in [6.45, 7) is 2.36. The van der Waals surface area contributed by atoms with Gasteiger partial charge in [0.1, 0.15) is 17.1 Å². The maximum Gasteiger partial charge on any atom is 0.261 e. The number of hydrogen-bond donors (Lipinski definition) is 2. The number of sulfonamides is 1. The molecule has 32 heavy (non-hydrogen) atoms. The van der Waals surface area contributed by atoms with E-state index in [0.29, 0.717) is 23.0 Å². The van der Waals surface area contributed by atoms with Gasteiger partial charge in [-0.2, -0.15) is 0 Å². The lowest BCUT2D eigenvalue weighted by Crippen LogP contribution is -2.18. The van der Waals surface area contributed by atoms with E-state index in [-0.39, 0.29) is 16.1 Å². The van der Waals surface area contributed by atoms with E-state index in [1.165, 1.54) is 23.5 Å². The Hall–Kier alpha value is -3.50. The number of carbonyl (C=O) groups excluding carboxylic acids is 1. The standard InChI is InChI=1S/C22H18FN3O4S2/c1-2-30-18-8-5-9-19-20(18)24-22(31-19)25-21(27)16-6-3-4-7-17(16)26-32(28,29)15-12-10-14(23)11-13-15/h3-13,26H,2H2,1H3,(H,24,25,27). The summed E-state index contributed by atoms with van der Waals surface area (Å²) in [6, 6.07) is 16.1. The van der Waals surface area contributed by atoms with Crippen molar-refractivity contribution < 1.29 is 22.3 Å². The molecule has 7 nitrogen and oxygen atoms in total. The number of carbonyl (C=O) groups is 1. The summed E-state index contributed by atoms with van der Waals surface area (Å²) in [4.78, 5) is 17.3. The van der Waals surface area contributed by atoms with Crippen molar-refractivity contribution in [3.05, 3.63) is 78.1 Å². The Morgan fingerprint density at radius 3 is 2.56 bits per heavy atom. The quantitative estimate of drug-likeness (QED) is 0.400. The molecule has 0 saturated carbocycles. The highest BCUT2D eigenvalue weighted by Crippen LogP contribution is 2.33. The number of rotatable bonds is 7. The molecule has 1 amide bonds. The molecular formula is C22H18FN3O4S2. The normalized spacial score (nSPS) is 11.3. The van der Waals surface area contributed by atoms with Gasteiger partial charge in [0.25, 0.3) is 15.9 Å². The molecular weight excluding hydrogens is 453 g/mol. The van der Waals surface area contributed by atoms with Crippen LogP contribution in [0.25, 0.3) is 10.2 Å². The van der Waals surface area contributed by atoms with Gasteiger partial charge in [-0.25, -0.2) is 17.8 Å². The van der Waals surface area contributed by atoms with Crippen LogP contribution in [-0.4, -0.2) is 25.9 Å². The van der Waals surface area contributed by atoms with Gasteiger partial charge in [-0.05, 0) is 55.5 Å². The number of para-hydroxylation sites is 2. The Kier molecular flexibility index (Phi) is 6.06. The summed E-state index contributed by atoms with van der Waals surface area (Å²) in [5.74, 6) is -0.458. The van der Waals surface area contributed by atoms with Crippen LogP contribution in [0.2, 0.25) is 0 Å². The summed E-state index contributed by atoms with van der Waals surface area (Å²) in [5.41, 5.74) is 0.841. The first-order chi connectivity index (χ1) is 15.4. The molecule has 0 aliphatic heterocycles. The number of fused-ring (bicyclic) bond motifs is 1. The minimum atomic E-state index is -4.02. The number of hydrogen-bond acceptors (Lipinski definition) is 6. The van der Waals surface area contributed by atoms with E-state index >= 15 is 0 Å². The van der Waals surface area contributed by atoms with E-state index in [0.717, 1.165) is 29.0 Å². The lowest BCUT2D eigenvalue weighted by Gasteiger charge is -2.12. The number of thiazole rings is 1. The Morgan fingerprint density at radius 2 is 1.81 bits per heavy atom. The predicted octanol–water partition coefficient (Wildman–Crippen LogP) is 4.89. The van der Waals surface area contributed by atoms with Crippen LogP contribution in [0.4, 0.5) is 15.2 Å². The minimum absolute atomic E-state index is 0.0884. The second kappa shape index (κ2) is 8.93.